The minimum atomic E-state index is -0.698. The number of nitrogens with zero attached hydrogens (tertiary/aromatic N) is 1. The predicted molar refractivity (Wildman–Crippen MR) is 63.6 cm³/mol. The van der Waals surface area contributed by atoms with Gasteiger partial charge in [-0.1, -0.05) is 19.8 Å². The van der Waals surface area contributed by atoms with Crippen molar-refractivity contribution in [1.29, 1.82) is 0 Å². The van der Waals surface area contributed by atoms with Gasteiger partial charge in [0.1, 0.15) is 0 Å². The van der Waals surface area contributed by atoms with Crippen molar-refractivity contribution in [3.05, 3.63) is 0 Å². The summed E-state index contributed by atoms with van der Waals surface area (Å²) in [5.41, 5.74) is -0.651. The molecule has 0 aromatic heterocycles. The maximum absolute atomic E-state index is 11.9. The average molecular weight is 239 g/mol. The first-order chi connectivity index (χ1) is 8.12. The Balaban J connectivity index is 2.29. The van der Waals surface area contributed by atoms with Crippen LogP contribution in [0, 0.1) is 5.41 Å². The number of carbonyl (C=O) groups is 2. The molecule has 0 unspecified atom stereocenters. The highest BCUT2D eigenvalue weighted by molar-refractivity contribution is 5.83. The number of fused-ring (bicyclic) bond motifs is 1. The molecule has 2 atom stereocenters. The largest absolute Gasteiger partial charge is 0.481 e. The summed E-state index contributed by atoms with van der Waals surface area (Å²) in [4.78, 5) is 25.4. The molecule has 0 bridgehead atoms. The van der Waals surface area contributed by atoms with E-state index in [1.165, 1.54) is 0 Å². The molecule has 1 saturated carbocycles. The van der Waals surface area contributed by atoms with Gasteiger partial charge in [-0.2, -0.15) is 0 Å². The Morgan fingerprint density at radius 2 is 2.24 bits per heavy atom. The van der Waals surface area contributed by atoms with Crippen molar-refractivity contribution in [2.24, 2.45) is 5.41 Å². The summed E-state index contributed by atoms with van der Waals surface area (Å²) in [6, 6.07) is -0.0602. The second-order valence-corrected chi connectivity index (χ2v) is 5.31. The Bertz CT molecular complexity index is 329. The second kappa shape index (κ2) is 4.67. The van der Waals surface area contributed by atoms with Gasteiger partial charge >= 0.3 is 5.97 Å². The average Bonchev–Trinajstić information content (AvgIpc) is 2.33. The number of hydrogen-bond donors (Lipinski definition) is 1. The normalized spacial score (nSPS) is 33.4. The lowest BCUT2D eigenvalue weighted by atomic mass is 9.65. The molecular weight excluding hydrogens is 218 g/mol. The third-order valence-electron chi connectivity index (χ3n) is 4.36. The Kier molecular flexibility index (Phi) is 3.40. The summed E-state index contributed by atoms with van der Waals surface area (Å²) in [6.45, 7) is 2.74. The Morgan fingerprint density at radius 3 is 2.88 bits per heavy atom. The van der Waals surface area contributed by atoms with Gasteiger partial charge in [0.25, 0.3) is 0 Å². The molecule has 0 aromatic rings. The van der Waals surface area contributed by atoms with Gasteiger partial charge in [-0.15, -0.1) is 0 Å². The van der Waals surface area contributed by atoms with E-state index in [9.17, 15) is 14.7 Å². The molecule has 2 aliphatic rings. The number of carboxylic acids is 1. The lowest BCUT2D eigenvalue weighted by Crippen LogP contribution is -2.59. The van der Waals surface area contributed by atoms with Crippen LogP contribution in [-0.4, -0.2) is 34.5 Å². The van der Waals surface area contributed by atoms with Crippen molar-refractivity contribution < 1.29 is 14.7 Å². The van der Waals surface area contributed by atoms with Crippen LogP contribution in [0.4, 0.5) is 0 Å². The van der Waals surface area contributed by atoms with Gasteiger partial charge < -0.3 is 10.0 Å². The van der Waals surface area contributed by atoms with E-state index in [1.807, 2.05) is 11.8 Å². The van der Waals surface area contributed by atoms with Crippen molar-refractivity contribution in [3.63, 3.8) is 0 Å². The van der Waals surface area contributed by atoms with Crippen LogP contribution in [-0.2, 0) is 9.59 Å². The van der Waals surface area contributed by atoms with Crippen LogP contribution in [0.5, 0.6) is 0 Å². The second-order valence-electron chi connectivity index (χ2n) is 5.31. The first-order valence-electron chi connectivity index (χ1n) is 6.64. The molecule has 1 N–H and O–H groups in total. The molecule has 2 rings (SSSR count). The summed E-state index contributed by atoms with van der Waals surface area (Å²) in [5, 5.41) is 9.56. The van der Waals surface area contributed by atoms with Crippen molar-refractivity contribution in [2.45, 2.75) is 57.9 Å². The van der Waals surface area contributed by atoms with E-state index < -0.39 is 11.4 Å². The Labute approximate surface area is 102 Å². The number of rotatable bonds is 3. The molecule has 2 fully saturated rings. The van der Waals surface area contributed by atoms with Crippen molar-refractivity contribution in [3.8, 4) is 0 Å². The van der Waals surface area contributed by atoms with Crippen molar-refractivity contribution in [2.75, 3.05) is 6.54 Å². The first-order valence-corrected chi connectivity index (χ1v) is 6.64. The molecular formula is C13H21NO3. The van der Waals surface area contributed by atoms with E-state index in [0.29, 0.717) is 19.4 Å². The van der Waals surface area contributed by atoms with Gasteiger partial charge in [-0.3, -0.25) is 9.59 Å². The number of carbonyl (C=O) groups excluding carboxylic acids is 1. The highest BCUT2D eigenvalue weighted by Gasteiger charge is 2.53. The van der Waals surface area contributed by atoms with Crippen LogP contribution < -0.4 is 0 Å². The van der Waals surface area contributed by atoms with Crippen LogP contribution in [0.25, 0.3) is 0 Å². The molecule has 4 nitrogen and oxygen atoms in total. The van der Waals surface area contributed by atoms with Gasteiger partial charge in [0.05, 0.1) is 5.41 Å². The van der Waals surface area contributed by atoms with Crippen LogP contribution in [0.15, 0.2) is 0 Å². The highest BCUT2D eigenvalue weighted by Crippen LogP contribution is 2.46. The third-order valence-corrected chi connectivity index (χ3v) is 4.36. The molecule has 96 valence electrons. The topological polar surface area (TPSA) is 57.6 Å². The number of amides is 1. The fraction of sp³-hybridized carbons (Fsp3) is 0.846. The summed E-state index contributed by atoms with van der Waals surface area (Å²) in [6.07, 6.45) is 5.47. The number of likely N-dealkylation sites (tertiary alicyclic amines) is 1. The molecule has 1 aliphatic heterocycles. The van der Waals surface area contributed by atoms with E-state index in [4.69, 9.17) is 0 Å². The number of carboxylic acid groups (broad SMARTS) is 1. The third kappa shape index (κ3) is 1.94. The molecule has 1 aliphatic carbocycles. The molecule has 0 radical (unpaired) electrons. The number of aliphatic carboxylic acids is 1. The van der Waals surface area contributed by atoms with Crippen LogP contribution >= 0.6 is 0 Å². The fourth-order valence-corrected chi connectivity index (χ4v) is 3.49. The lowest BCUT2D eigenvalue weighted by molar-refractivity contribution is -0.166. The minimum Gasteiger partial charge on any atom is -0.481 e. The Hall–Kier alpha value is -1.06. The highest BCUT2D eigenvalue weighted by atomic mass is 16.4. The van der Waals surface area contributed by atoms with Crippen molar-refractivity contribution in [1.82, 2.24) is 4.90 Å². The maximum Gasteiger partial charge on any atom is 0.311 e. The van der Waals surface area contributed by atoms with Gasteiger partial charge in [0.2, 0.25) is 5.91 Å². The summed E-state index contributed by atoms with van der Waals surface area (Å²) >= 11 is 0. The van der Waals surface area contributed by atoms with Crippen molar-refractivity contribution >= 4 is 11.9 Å². The standard InChI is InChI=1S/C13H21NO3/c1-2-9-14-10-5-3-4-7-13(10,12(16)17)8-6-11(14)15/h10H,2-9H2,1H3,(H,16,17)/t10-,13-/m1/s1. The van der Waals surface area contributed by atoms with E-state index in [1.54, 1.807) is 0 Å². The monoisotopic (exact) mass is 239 g/mol. The zero-order valence-corrected chi connectivity index (χ0v) is 10.4. The molecule has 1 heterocycles. The zero-order chi connectivity index (χ0) is 12.5. The van der Waals surface area contributed by atoms with Gasteiger partial charge in [0.15, 0.2) is 0 Å². The van der Waals surface area contributed by atoms with E-state index in [2.05, 4.69) is 0 Å². The summed E-state index contributed by atoms with van der Waals surface area (Å²) in [5.74, 6) is -0.550. The zero-order valence-electron chi connectivity index (χ0n) is 10.4. The first kappa shape index (κ1) is 12.4. The summed E-state index contributed by atoms with van der Waals surface area (Å²) < 4.78 is 0. The summed E-state index contributed by atoms with van der Waals surface area (Å²) in [7, 11) is 0. The number of hydrogen-bond acceptors (Lipinski definition) is 2. The molecule has 17 heavy (non-hydrogen) atoms. The van der Waals surface area contributed by atoms with E-state index in [0.717, 1.165) is 32.1 Å². The lowest BCUT2D eigenvalue weighted by Gasteiger charge is -2.50. The van der Waals surface area contributed by atoms with Gasteiger partial charge in [-0.05, 0) is 25.7 Å². The molecule has 0 spiro atoms. The van der Waals surface area contributed by atoms with Crippen LogP contribution in [0.1, 0.15) is 51.9 Å². The van der Waals surface area contributed by atoms with E-state index in [-0.39, 0.29) is 11.9 Å². The number of piperidine rings is 1. The van der Waals surface area contributed by atoms with Gasteiger partial charge in [-0.25, -0.2) is 0 Å². The smallest absolute Gasteiger partial charge is 0.311 e. The molecule has 1 amide bonds. The minimum absolute atomic E-state index is 0.0602. The maximum atomic E-state index is 11.9. The Morgan fingerprint density at radius 1 is 1.47 bits per heavy atom. The SMILES string of the molecule is CCCN1C(=O)CC[C@]2(C(=O)O)CCCC[C@@H]12. The molecule has 4 heteroatoms. The molecule has 1 saturated heterocycles. The predicted octanol–water partition coefficient (Wildman–Crippen LogP) is 2.03. The van der Waals surface area contributed by atoms with E-state index >= 15 is 0 Å². The van der Waals surface area contributed by atoms with Crippen LogP contribution in [0.3, 0.4) is 0 Å². The fourth-order valence-electron chi connectivity index (χ4n) is 3.49. The van der Waals surface area contributed by atoms with Gasteiger partial charge in [0, 0.05) is 19.0 Å². The van der Waals surface area contributed by atoms with Crippen LogP contribution in [0.2, 0.25) is 0 Å². The molecule has 0 aromatic carbocycles. The quantitative estimate of drug-likeness (QED) is 0.819.